The van der Waals surface area contributed by atoms with Crippen molar-refractivity contribution in [1.82, 2.24) is 0 Å². The molecule has 0 aliphatic rings. The molecule has 0 N–H and O–H groups in total. The Morgan fingerprint density at radius 3 is 1.22 bits per heavy atom. The molecule has 0 saturated heterocycles. The Balaban J connectivity index is -0.000000180. The Hall–Kier alpha value is 0.844. The normalized spacial score (nSPS) is 9.78. The molecular weight excluding hydrogens is 234 g/mol. The van der Waals surface area contributed by atoms with E-state index in [9.17, 15) is 13.2 Å². The molecule has 7 heteroatoms. The topological polar surface area (TPSA) is 34.1 Å². The summed E-state index contributed by atoms with van der Waals surface area (Å²) in [5, 5.41) is 0. The van der Waals surface area contributed by atoms with Crippen LogP contribution in [0.3, 0.4) is 0 Å². The van der Waals surface area contributed by atoms with E-state index in [0.29, 0.717) is 0 Å². The van der Waals surface area contributed by atoms with Gasteiger partial charge in [-0.3, -0.25) is 0 Å². The SMILES string of the molecule is C.O=[S-](=O)C(F)(F)F.[Y]. The first-order valence-corrected chi connectivity index (χ1v) is 2.18. The third-order valence-corrected chi connectivity index (χ3v) is 0.567. The first kappa shape index (κ1) is 16.4. The molecule has 55 valence electrons. The summed E-state index contributed by atoms with van der Waals surface area (Å²) in [6.45, 7) is 0. The van der Waals surface area contributed by atoms with E-state index in [2.05, 4.69) is 0 Å². The van der Waals surface area contributed by atoms with E-state index in [1.54, 1.807) is 0 Å². The predicted molar refractivity (Wildman–Crippen MR) is 21.5 cm³/mol. The van der Waals surface area contributed by atoms with Crippen molar-refractivity contribution in [2.45, 2.75) is 12.9 Å². The summed E-state index contributed by atoms with van der Waals surface area (Å²) < 4.78 is 49.5. The molecule has 0 saturated carbocycles. The van der Waals surface area contributed by atoms with Crippen LogP contribution < -0.4 is 0 Å². The van der Waals surface area contributed by atoms with E-state index >= 15 is 0 Å². The van der Waals surface area contributed by atoms with Gasteiger partial charge in [-0.05, 0) is 0 Å². The average molecular weight is 238 g/mol. The summed E-state index contributed by atoms with van der Waals surface area (Å²) in [7, 11) is -3.93. The first-order valence-electron chi connectivity index (χ1n) is 1.10. The zero-order valence-corrected chi connectivity index (χ0v) is 7.09. The van der Waals surface area contributed by atoms with Crippen molar-refractivity contribution in [2.24, 2.45) is 0 Å². The summed E-state index contributed by atoms with van der Waals surface area (Å²) >= 11 is 0. The molecule has 0 rings (SSSR count). The zero-order chi connectivity index (χ0) is 6.08. The molecule has 0 amide bonds. The van der Waals surface area contributed by atoms with E-state index in [4.69, 9.17) is 8.42 Å². The first-order chi connectivity index (χ1) is 2.94. The summed E-state index contributed by atoms with van der Waals surface area (Å²) in [5.74, 6) is 0. The fourth-order valence-corrected chi connectivity index (χ4v) is 0. The van der Waals surface area contributed by atoms with Gasteiger partial charge in [-0.25, -0.2) is 0 Å². The minimum atomic E-state index is -5.08. The molecular formula is C2H4F3O2SY-. The Labute approximate surface area is 77.6 Å². The van der Waals surface area contributed by atoms with Gasteiger partial charge in [0.25, 0.3) is 0 Å². The van der Waals surface area contributed by atoms with E-state index in [1.807, 2.05) is 0 Å². The van der Waals surface area contributed by atoms with Crippen LogP contribution in [0.4, 0.5) is 13.2 Å². The Bertz CT molecular complexity index is 120. The predicted octanol–water partition coefficient (Wildman–Crippen LogP) is 1.45. The fourth-order valence-electron chi connectivity index (χ4n) is 0. The number of rotatable bonds is 0. The number of halogens is 3. The molecule has 0 atom stereocenters. The van der Waals surface area contributed by atoms with Crippen molar-refractivity contribution >= 4 is 10.7 Å². The van der Waals surface area contributed by atoms with Gasteiger partial charge in [-0.2, -0.15) is 13.2 Å². The summed E-state index contributed by atoms with van der Waals surface area (Å²) in [4.78, 5) is 0. The van der Waals surface area contributed by atoms with Gasteiger partial charge < -0.3 is 8.42 Å². The molecule has 0 heterocycles. The Kier molecular flexibility index (Phi) is 10.3. The maximum atomic E-state index is 10.6. The van der Waals surface area contributed by atoms with E-state index in [-0.39, 0.29) is 40.1 Å². The van der Waals surface area contributed by atoms with E-state index in [0.717, 1.165) is 0 Å². The number of alkyl halides is 3. The van der Waals surface area contributed by atoms with Gasteiger partial charge in [0.15, 0.2) is 0 Å². The van der Waals surface area contributed by atoms with Gasteiger partial charge in [0, 0.05) is 43.4 Å². The zero-order valence-electron chi connectivity index (χ0n) is 3.44. The molecule has 0 fully saturated rings. The van der Waals surface area contributed by atoms with Gasteiger partial charge >= 0.3 is 5.51 Å². The molecule has 0 aliphatic heterocycles. The van der Waals surface area contributed by atoms with Crippen LogP contribution in [0.5, 0.6) is 0 Å². The Morgan fingerprint density at radius 1 is 1.11 bits per heavy atom. The van der Waals surface area contributed by atoms with Crippen LogP contribution in [0, 0.1) is 0 Å². The van der Waals surface area contributed by atoms with Crippen LogP contribution >= 0.6 is 0 Å². The van der Waals surface area contributed by atoms with Gasteiger partial charge in [-0.15, -0.1) is 0 Å². The molecule has 0 unspecified atom stereocenters. The molecule has 0 aromatic heterocycles. The van der Waals surface area contributed by atoms with E-state index < -0.39 is 16.2 Å². The van der Waals surface area contributed by atoms with Crippen LogP contribution in [0.15, 0.2) is 0 Å². The largest absolute Gasteiger partial charge is 0.416 e. The monoisotopic (exact) mass is 238 g/mol. The number of hydrogen-bond acceptors (Lipinski definition) is 3. The van der Waals surface area contributed by atoms with Crippen LogP contribution in [0.2, 0.25) is 0 Å². The third-order valence-electron chi connectivity index (χ3n) is 0.189. The minimum Gasteiger partial charge on any atom is -0.416 e. The van der Waals surface area contributed by atoms with Gasteiger partial charge in [0.1, 0.15) is 0 Å². The van der Waals surface area contributed by atoms with Crippen molar-refractivity contribution in [1.29, 1.82) is 0 Å². The summed E-state index contributed by atoms with van der Waals surface area (Å²) in [5.41, 5.74) is -5.08. The molecule has 0 aromatic carbocycles. The molecule has 9 heavy (non-hydrogen) atoms. The van der Waals surface area contributed by atoms with Gasteiger partial charge in [0.2, 0.25) is 0 Å². The van der Waals surface area contributed by atoms with Gasteiger partial charge in [0.05, 0.1) is 0 Å². The maximum absolute atomic E-state index is 10.6. The van der Waals surface area contributed by atoms with Crippen molar-refractivity contribution in [3.05, 3.63) is 0 Å². The fraction of sp³-hybridized carbons (Fsp3) is 1.00. The second kappa shape index (κ2) is 5.62. The van der Waals surface area contributed by atoms with Crippen molar-refractivity contribution in [2.75, 3.05) is 0 Å². The number of hydrogen-bond donors (Lipinski definition) is 0. The average Bonchev–Trinajstić information content (AvgIpc) is 1.31. The summed E-state index contributed by atoms with van der Waals surface area (Å²) in [6.07, 6.45) is 0. The summed E-state index contributed by atoms with van der Waals surface area (Å²) in [6, 6.07) is 0. The smallest absolute Gasteiger partial charge is 0.373 e. The Morgan fingerprint density at radius 2 is 1.22 bits per heavy atom. The molecule has 0 spiro atoms. The van der Waals surface area contributed by atoms with Crippen molar-refractivity contribution in [3.8, 4) is 0 Å². The molecule has 1 radical (unpaired) electrons. The second-order valence-corrected chi connectivity index (χ2v) is 1.61. The van der Waals surface area contributed by atoms with Crippen molar-refractivity contribution < 1.29 is 54.3 Å². The van der Waals surface area contributed by atoms with Crippen LogP contribution in [-0.2, 0) is 51.8 Å². The van der Waals surface area contributed by atoms with Crippen LogP contribution in [-0.4, -0.2) is 5.51 Å². The quantitative estimate of drug-likeness (QED) is 0.598. The minimum absolute atomic E-state index is 0. The molecule has 0 aromatic rings. The maximum Gasteiger partial charge on any atom is 0.373 e. The van der Waals surface area contributed by atoms with Crippen molar-refractivity contribution in [3.63, 3.8) is 0 Å². The standard InChI is InChI=1S/CF3O2S.CH4.Y/c2-1(3,4)7(5)6;;/h;1H4;/q-1;;. The third kappa shape index (κ3) is 8.84. The molecule has 0 bridgehead atoms. The molecule has 0 aliphatic carbocycles. The van der Waals surface area contributed by atoms with Gasteiger partial charge in [-0.1, -0.05) is 7.43 Å². The van der Waals surface area contributed by atoms with E-state index in [1.165, 1.54) is 0 Å². The molecule has 2 nitrogen and oxygen atoms in total. The van der Waals surface area contributed by atoms with Crippen LogP contribution in [0.1, 0.15) is 7.43 Å². The second-order valence-electron chi connectivity index (χ2n) is 0.680. The van der Waals surface area contributed by atoms with Crippen LogP contribution in [0.25, 0.3) is 0 Å².